The lowest BCUT2D eigenvalue weighted by atomic mass is 10.1. The second-order valence-corrected chi connectivity index (χ2v) is 4.43. The Bertz CT molecular complexity index is 476. The number of nitrogens with one attached hydrogen (secondary N) is 2. The van der Waals surface area contributed by atoms with E-state index in [0.717, 1.165) is 12.1 Å². The van der Waals surface area contributed by atoms with E-state index < -0.39 is 18.0 Å². The number of urea groups is 1. The minimum atomic E-state index is -0.889. The number of ether oxygens (including phenoxy) is 1. The second-order valence-electron chi connectivity index (χ2n) is 4.43. The molecule has 4 N–H and O–H groups in total. The van der Waals surface area contributed by atoms with Gasteiger partial charge in [0.25, 0.3) is 5.91 Å². The van der Waals surface area contributed by atoms with E-state index in [0.29, 0.717) is 5.75 Å². The molecule has 0 fully saturated rings. The van der Waals surface area contributed by atoms with Crippen molar-refractivity contribution in [2.75, 3.05) is 6.54 Å². The van der Waals surface area contributed by atoms with Gasteiger partial charge in [0.05, 0.1) is 0 Å². The number of primary amides is 1. The van der Waals surface area contributed by atoms with Gasteiger partial charge in [-0.05, 0) is 26.5 Å². The fraction of sp³-hybridized carbons (Fsp3) is 0.429. The Morgan fingerprint density at radius 3 is 2.55 bits per heavy atom. The quantitative estimate of drug-likeness (QED) is 0.732. The van der Waals surface area contributed by atoms with Crippen LogP contribution in [0.3, 0.4) is 0 Å². The van der Waals surface area contributed by atoms with Crippen molar-refractivity contribution >= 4 is 11.9 Å². The van der Waals surface area contributed by atoms with E-state index >= 15 is 0 Å². The number of nitrogens with two attached hydrogens (primary N) is 1. The molecule has 0 aliphatic carbocycles. The molecular formula is C14H21N3O3. The first kappa shape index (κ1) is 16.0. The second kappa shape index (κ2) is 7.49. The molecule has 0 saturated carbocycles. The van der Waals surface area contributed by atoms with Gasteiger partial charge in [-0.3, -0.25) is 10.1 Å². The number of para-hydroxylation sites is 1. The smallest absolute Gasteiger partial charge is 0.318 e. The molecular weight excluding hydrogens is 258 g/mol. The maximum absolute atomic E-state index is 11.6. The van der Waals surface area contributed by atoms with Crippen molar-refractivity contribution < 1.29 is 14.3 Å². The number of benzene rings is 1. The van der Waals surface area contributed by atoms with Crippen LogP contribution in [0, 0.1) is 0 Å². The Kier molecular flexibility index (Phi) is 5.99. The van der Waals surface area contributed by atoms with E-state index in [2.05, 4.69) is 5.32 Å². The number of amides is 3. The molecule has 6 heteroatoms. The first-order valence-electron chi connectivity index (χ1n) is 6.55. The fourth-order valence-electron chi connectivity index (χ4n) is 1.83. The van der Waals surface area contributed by atoms with E-state index in [1.165, 1.54) is 0 Å². The van der Waals surface area contributed by atoms with Gasteiger partial charge in [0, 0.05) is 11.6 Å². The Hall–Kier alpha value is -2.08. The molecule has 2 unspecified atom stereocenters. The highest BCUT2D eigenvalue weighted by Gasteiger charge is 2.18. The first-order valence-corrected chi connectivity index (χ1v) is 6.55. The highest BCUT2D eigenvalue weighted by molar-refractivity contribution is 5.95. The molecule has 3 amide bonds. The van der Waals surface area contributed by atoms with E-state index in [1.807, 2.05) is 37.4 Å². The van der Waals surface area contributed by atoms with Gasteiger partial charge < -0.3 is 15.8 Å². The number of imide groups is 1. The Morgan fingerprint density at radius 1 is 1.30 bits per heavy atom. The van der Waals surface area contributed by atoms with Crippen molar-refractivity contribution in [2.45, 2.75) is 32.9 Å². The molecule has 0 heterocycles. The molecule has 2 atom stereocenters. The number of carbonyl (C=O) groups excluding carboxylic acids is 2. The SMILES string of the molecule is CCNC(C)c1ccccc1OC(C)C(=O)NC(N)=O. The Balaban J connectivity index is 2.81. The molecule has 0 aliphatic rings. The van der Waals surface area contributed by atoms with E-state index in [9.17, 15) is 9.59 Å². The third-order valence-corrected chi connectivity index (χ3v) is 2.82. The highest BCUT2D eigenvalue weighted by Crippen LogP contribution is 2.25. The molecule has 0 saturated heterocycles. The summed E-state index contributed by atoms with van der Waals surface area (Å²) in [5, 5.41) is 5.28. The summed E-state index contributed by atoms with van der Waals surface area (Å²) in [6.07, 6.45) is -0.808. The van der Waals surface area contributed by atoms with Crippen LogP contribution in [-0.4, -0.2) is 24.6 Å². The largest absolute Gasteiger partial charge is 0.481 e. The van der Waals surface area contributed by atoms with Gasteiger partial charge >= 0.3 is 6.03 Å². The van der Waals surface area contributed by atoms with E-state index in [1.54, 1.807) is 13.0 Å². The number of hydrogen-bond donors (Lipinski definition) is 3. The molecule has 110 valence electrons. The van der Waals surface area contributed by atoms with Crippen LogP contribution in [0.2, 0.25) is 0 Å². The lowest BCUT2D eigenvalue weighted by molar-refractivity contribution is -0.126. The van der Waals surface area contributed by atoms with Crippen LogP contribution in [-0.2, 0) is 4.79 Å². The minimum Gasteiger partial charge on any atom is -0.481 e. The summed E-state index contributed by atoms with van der Waals surface area (Å²) >= 11 is 0. The van der Waals surface area contributed by atoms with Crippen LogP contribution >= 0.6 is 0 Å². The van der Waals surface area contributed by atoms with Crippen molar-refractivity contribution in [3.05, 3.63) is 29.8 Å². The standard InChI is InChI=1S/C14H21N3O3/c1-4-16-9(2)11-7-5-6-8-12(11)20-10(3)13(18)17-14(15)19/h5-10,16H,4H2,1-3H3,(H3,15,17,18,19). The van der Waals surface area contributed by atoms with Crippen molar-refractivity contribution in [2.24, 2.45) is 5.73 Å². The van der Waals surface area contributed by atoms with E-state index in [4.69, 9.17) is 10.5 Å². The van der Waals surface area contributed by atoms with Crippen LogP contribution in [0.1, 0.15) is 32.4 Å². The van der Waals surface area contributed by atoms with Crippen LogP contribution in [0.25, 0.3) is 0 Å². The van der Waals surface area contributed by atoms with Gasteiger partial charge in [-0.1, -0.05) is 25.1 Å². The van der Waals surface area contributed by atoms with Gasteiger partial charge in [-0.25, -0.2) is 4.79 Å². The van der Waals surface area contributed by atoms with Crippen LogP contribution in [0.4, 0.5) is 4.79 Å². The van der Waals surface area contributed by atoms with Crippen molar-refractivity contribution in [1.82, 2.24) is 10.6 Å². The van der Waals surface area contributed by atoms with Crippen molar-refractivity contribution in [3.8, 4) is 5.75 Å². The lowest BCUT2D eigenvalue weighted by Gasteiger charge is -2.20. The highest BCUT2D eigenvalue weighted by atomic mass is 16.5. The summed E-state index contributed by atoms with van der Waals surface area (Å²) < 4.78 is 5.62. The number of rotatable bonds is 6. The van der Waals surface area contributed by atoms with Gasteiger partial charge in [-0.15, -0.1) is 0 Å². The molecule has 1 rings (SSSR count). The Labute approximate surface area is 118 Å². The van der Waals surface area contributed by atoms with Crippen LogP contribution < -0.4 is 21.1 Å². The van der Waals surface area contributed by atoms with Gasteiger partial charge in [0.2, 0.25) is 0 Å². The third-order valence-electron chi connectivity index (χ3n) is 2.82. The molecule has 6 nitrogen and oxygen atoms in total. The van der Waals surface area contributed by atoms with Crippen LogP contribution in [0.15, 0.2) is 24.3 Å². The summed E-state index contributed by atoms with van der Waals surface area (Å²) in [4.78, 5) is 22.3. The zero-order chi connectivity index (χ0) is 15.1. The summed E-state index contributed by atoms with van der Waals surface area (Å²) in [7, 11) is 0. The molecule has 0 aliphatic heterocycles. The molecule has 1 aromatic rings. The lowest BCUT2D eigenvalue weighted by Crippen LogP contribution is -2.42. The molecule has 0 spiro atoms. The molecule has 0 bridgehead atoms. The summed E-state index contributed by atoms with van der Waals surface area (Å²) in [6, 6.07) is 6.67. The van der Waals surface area contributed by atoms with Crippen LogP contribution in [0.5, 0.6) is 5.75 Å². The maximum atomic E-state index is 11.6. The Morgan fingerprint density at radius 2 is 1.95 bits per heavy atom. The predicted molar refractivity (Wildman–Crippen MR) is 76.3 cm³/mol. The maximum Gasteiger partial charge on any atom is 0.318 e. The third kappa shape index (κ3) is 4.55. The minimum absolute atomic E-state index is 0.0996. The zero-order valence-electron chi connectivity index (χ0n) is 12.0. The average molecular weight is 279 g/mol. The van der Waals surface area contributed by atoms with Crippen molar-refractivity contribution in [1.29, 1.82) is 0 Å². The molecule has 20 heavy (non-hydrogen) atoms. The van der Waals surface area contributed by atoms with E-state index in [-0.39, 0.29) is 6.04 Å². The number of hydrogen-bond acceptors (Lipinski definition) is 4. The predicted octanol–water partition coefficient (Wildman–Crippen LogP) is 1.32. The average Bonchev–Trinajstić information content (AvgIpc) is 2.38. The summed E-state index contributed by atoms with van der Waals surface area (Å²) in [5.74, 6) is 0.0384. The van der Waals surface area contributed by atoms with Gasteiger partial charge in [-0.2, -0.15) is 0 Å². The zero-order valence-corrected chi connectivity index (χ0v) is 12.0. The normalized spacial score (nSPS) is 13.3. The van der Waals surface area contributed by atoms with Gasteiger partial charge in [0.15, 0.2) is 6.10 Å². The van der Waals surface area contributed by atoms with Gasteiger partial charge in [0.1, 0.15) is 5.75 Å². The number of carbonyl (C=O) groups is 2. The molecule has 0 radical (unpaired) electrons. The molecule has 0 aromatic heterocycles. The first-order chi connectivity index (χ1) is 9.45. The topological polar surface area (TPSA) is 93.4 Å². The summed E-state index contributed by atoms with van der Waals surface area (Å²) in [6.45, 7) is 6.42. The molecule has 1 aromatic carbocycles. The van der Waals surface area contributed by atoms with Crippen molar-refractivity contribution in [3.63, 3.8) is 0 Å². The monoisotopic (exact) mass is 279 g/mol. The fourth-order valence-corrected chi connectivity index (χ4v) is 1.83. The summed E-state index contributed by atoms with van der Waals surface area (Å²) in [5.41, 5.74) is 5.86.